The monoisotopic (exact) mass is 432 g/mol. The van der Waals surface area contributed by atoms with E-state index in [1.165, 1.54) is 17.4 Å². The second-order valence-corrected chi connectivity index (χ2v) is 7.52. The molecule has 26 heavy (non-hydrogen) atoms. The van der Waals surface area contributed by atoms with E-state index in [-0.39, 0.29) is 12.2 Å². The van der Waals surface area contributed by atoms with Crippen LogP contribution in [0.4, 0.5) is 5.00 Å². The number of nitrogens with zero attached hydrogens (tertiary/aromatic N) is 1. The molecule has 0 spiro atoms. The molecular weight excluding hydrogens is 416 g/mol. The van der Waals surface area contributed by atoms with Gasteiger partial charge in [0, 0.05) is 9.35 Å². The van der Waals surface area contributed by atoms with Gasteiger partial charge in [-0.05, 0) is 50.1 Å². The van der Waals surface area contributed by atoms with Crippen LogP contribution in [-0.4, -0.2) is 18.5 Å². The molecule has 134 valence electrons. The molecule has 0 aliphatic heterocycles. The Kier molecular flexibility index (Phi) is 6.72. The minimum Gasteiger partial charge on any atom is -0.462 e. The van der Waals surface area contributed by atoms with Gasteiger partial charge in [-0.15, -0.1) is 11.3 Å². The van der Waals surface area contributed by atoms with E-state index >= 15 is 0 Å². The quantitative estimate of drug-likeness (QED) is 0.415. The lowest BCUT2D eigenvalue weighted by atomic mass is 10.1. The molecule has 1 N–H and O–H groups in total. The third kappa shape index (κ3) is 4.59. The van der Waals surface area contributed by atoms with Crippen LogP contribution < -0.4 is 5.32 Å². The Balaban J connectivity index is 2.31. The Morgan fingerprint density at radius 2 is 1.96 bits per heavy atom. The lowest BCUT2D eigenvalue weighted by molar-refractivity contribution is -0.112. The van der Waals surface area contributed by atoms with Gasteiger partial charge in [-0.3, -0.25) is 4.79 Å². The Bertz CT molecular complexity index is 908. The van der Waals surface area contributed by atoms with Gasteiger partial charge in [0.15, 0.2) is 0 Å². The Hall–Kier alpha value is -2.43. The summed E-state index contributed by atoms with van der Waals surface area (Å²) in [6.45, 7) is 5.63. The number of ether oxygens (including phenoxy) is 1. The number of esters is 1. The van der Waals surface area contributed by atoms with Crippen molar-refractivity contribution >= 4 is 50.2 Å². The molecule has 0 saturated carbocycles. The number of hydrogen-bond donors (Lipinski definition) is 1. The first kappa shape index (κ1) is 19.9. The van der Waals surface area contributed by atoms with Crippen molar-refractivity contribution in [2.24, 2.45) is 0 Å². The largest absolute Gasteiger partial charge is 0.462 e. The molecule has 0 fully saturated rings. The van der Waals surface area contributed by atoms with Gasteiger partial charge in [0.25, 0.3) is 5.91 Å². The minimum atomic E-state index is -0.567. The number of carbonyl (C=O) groups excluding carboxylic acids is 2. The summed E-state index contributed by atoms with van der Waals surface area (Å²) < 4.78 is 5.97. The van der Waals surface area contributed by atoms with Crippen molar-refractivity contribution in [2.45, 2.75) is 20.8 Å². The van der Waals surface area contributed by atoms with Crippen molar-refractivity contribution in [1.29, 1.82) is 5.26 Å². The fourth-order valence-corrected chi connectivity index (χ4v) is 3.52. The third-order valence-electron chi connectivity index (χ3n) is 3.64. The second-order valence-electron chi connectivity index (χ2n) is 5.38. The predicted octanol–water partition coefficient (Wildman–Crippen LogP) is 4.85. The topological polar surface area (TPSA) is 79.2 Å². The lowest BCUT2D eigenvalue weighted by Crippen LogP contribution is -2.16. The zero-order chi connectivity index (χ0) is 19.3. The molecule has 1 amide bonds. The van der Waals surface area contributed by atoms with Crippen LogP contribution in [0.3, 0.4) is 0 Å². The molecule has 0 aliphatic carbocycles. The highest BCUT2D eigenvalue weighted by Crippen LogP contribution is 2.33. The molecule has 7 heteroatoms. The standard InChI is InChI=1S/C19H17BrN2O3S/c1-4-25-19(24)16-11(2)12(3)26-18(16)22-17(23)14(10-21)9-13-5-7-15(20)8-6-13/h5-9H,4H2,1-3H3,(H,22,23). The van der Waals surface area contributed by atoms with Gasteiger partial charge in [-0.2, -0.15) is 5.26 Å². The highest BCUT2D eigenvalue weighted by Gasteiger charge is 2.23. The molecule has 0 unspecified atom stereocenters. The van der Waals surface area contributed by atoms with Crippen LogP contribution in [-0.2, 0) is 9.53 Å². The van der Waals surface area contributed by atoms with E-state index in [1.54, 1.807) is 26.0 Å². The smallest absolute Gasteiger partial charge is 0.341 e. The maximum Gasteiger partial charge on any atom is 0.341 e. The Morgan fingerprint density at radius 3 is 2.54 bits per heavy atom. The van der Waals surface area contributed by atoms with Crippen molar-refractivity contribution < 1.29 is 14.3 Å². The van der Waals surface area contributed by atoms with Crippen molar-refractivity contribution in [3.63, 3.8) is 0 Å². The zero-order valence-corrected chi connectivity index (χ0v) is 17.0. The first-order valence-electron chi connectivity index (χ1n) is 7.83. The summed E-state index contributed by atoms with van der Waals surface area (Å²) in [6, 6.07) is 9.13. The first-order valence-corrected chi connectivity index (χ1v) is 9.44. The van der Waals surface area contributed by atoms with Gasteiger partial charge in [0.2, 0.25) is 0 Å². The van der Waals surface area contributed by atoms with E-state index < -0.39 is 11.9 Å². The number of carbonyl (C=O) groups is 2. The SMILES string of the molecule is CCOC(=O)c1c(NC(=O)C(C#N)=Cc2ccc(Br)cc2)sc(C)c1C. The molecule has 0 radical (unpaired) electrons. The molecule has 1 aromatic carbocycles. The Labute approximate surface area is 164 Å². The van der Waals surface area contributed by atoms with Crippen LogP contribution >= 0.6 is 27.3 Å². The van der Waals surface area contributed by atoms with E-state index in [9.17, 15) is 14.9 Å². The molecule has 0 aliphatic rings. The summed E-state index contributed by atoms with van der Waals surface area (Å²) in [4.78, 5) is 25.6. The normalized spacial score (nSPS) is 11.0. The van der Waals surface area contributed by atoms with E-state index in [1.807, 2.05) is 25.1 Å². The highest BCUT2D eigenvalue weighted by molar-refractivity contribution is 9.10. The molecule has 1 aromatic heterocycles. The van der Waals surface area contributed by atoms with Gasteiger partial charge < -0.3 is 10.1 Å². The average molecular weight is 433 g/mol. The van der Waals surface area contributed by atoms with Crippen LogP contribution in [0.2, 0.25) is 0 Å². The zero-order valence-electron chi connectivity index (χ0n) is 14.6. The molecule has 0 atom stereocenters. The molecule has 2 rings (SSSR count). The molecule has 1 heterocycles. The summed E-state index contributed by atoms with van der Waals surface area (Å²) in [5, 5.41) is 12.4. The van der Waals surface area contributed by atoms with Crippen LogP contribution in [0.5, 0.6) is 0 Å². The molecular formula is C19H17BrN2O3S. The maximum atomic E-state index is 12.5. The molecule has 2 aromatic rings. The fraction of sp³-hybridized carbons (Fsp3) is 0.211. The average Bonchev–Trinajstić information content (AvgIpc) is 2.88. The first-order chi connectivity index (χ1) is 12.4. The number of halogens is 1. The number of anilines is 1. The second kappa shape index (κ2) is 8.79. The van der Waals surface area contributed by atoms with E-state index in [4.69, 9.17) is 4.74 Å². The molecule has 0 saturated heterocycles. The number of rotatable bonds is 5. The van der Waals surface area contributed by atoms with Crippen LogP contribution in [0.25, 0.3) is 6.08 Å². The number of nitriles is 1. The van der Waals surface area contributed by atoms with E-state index in [2.05, 4.69) is 21.2 Å². The van der Waals surface area contributed by atoms with Gasteiger partial charge in [0.05, 0.1) is 12.2 Å². The summed E-state index contributed by atoms with van der Waals surface area (Å²) in [6.07, 6.45) is 1.50. The maximum absolute atomic E-state index is 12.5. The molecule has 0 bridgehead atoms. The Morgan fingerprint density at radius 1 is 1.31 bits per heavy atom. The van der Waals surface area contributed by atoms with Crippen molar-refractivity contribution in [2.75, 3.05) is 11.9 Å². The minimum absolute atomic E-state index is 0.0502. The summed E-state index contributed by atoms with van der Waals surface area (Å²) in [5.74, 6) is -1.05. The van der Waals surface area contributed by atoms with Crippen LogP contribution in [0.1, 0.15) is 33.3 Å². The number of thiophene rings is 1. The number of benzene rings is 1. The summed E-state index contributed by atoms with van der Waals surface area (Å²) in [7, 11) is 0. The van der Waals surface area contributed by atoms with Gasteiger partial charge >= 0.3 is 5.97 Å². The van der Waals surface area contributed by atoms with Crippen molar-refractivity contribution in [3.8, 4) is 6.07 Å². The number of hydrogen-bond acceptors (Lipinski definition) is 5. The van der Waals surface area contributed by atoms with E-state index in [0.29, 0.717) is 10.6 Å². The molecule has 5 nitrogen and oxygen atoms in total. The predicted molar refractivity (Wildman–Crippen MR) is 106 cm³/mol. The van der Waals surface area contributed by atoms with Gasteiger partial charge in [-0.25, -0.2) is 4.79 Å². The van der Waals surface area contributed by atoms with Crippen molar-refractivity contribution in [1.82, 2.24) is 0 Å². The number of aryl methyl sites for hydroxylation is 1. The third-order valence-corrected chi connectivity index (χ3v) is 5.29. The van der Waals surface area contributed by atoms with Crippen LogP contribution in [0, 0.1) is 25.2 Å². The summed E-state index contributed by atoms with van der Waals surface area (Å²) >= 11 is 4.62. The van der Waals surface area contributed by atoms with Crippen LogP contribution in [0.15, 0.2) is 34.3 Å². The summed E-state index contributed by atoms with van der Waals surface area (Å²) in [5.41, 5.74) is 1.78. The fourth-order valence-electron chi connectivity index (χ4n) is 2.21. The number of amides is 1. The highest BCUT2D eigenvalue weighted by atomic mass is 79.9. The number of nitrogens with one attached hydrogen (secondary N) is 1. The van der Waals surface area contributed by atoms with Gasteiger partial charge in [0.1, 0.15) is 16.6 Å². The lowest BCUT2D eigenvalue weighted by Gasteiger charge is -2.07. The van der Waals surface area contributed by atoms with Gasteiger partial charge in [-0.1, -0.05) is 28.1 Å². The van der Waals surface area contributed by atoms with E-state index in [0.717, 1.165) is 20.5 Å². The van der Waals surface area contributed by atoms with Crippen molar-refractivity contribution in [3.05, 3.63) is 55.9 Å².